The van der Waals surface area contributed by atoms with E-state index in [1.807, 2.05) is 12.1 Å². The zero-order valence-electron chi connectivity index (χ0n) is 13.9. The molecule has 0 fully saturated rings. The summed E-state index contributed by atoms with van der Waals surface area (Å²) in [7, 11) is 0. The maximum absolute atomic E-state index is 12.5. The smallest absolute Gasteiger partial charge is 0.223 e. The van der Waals surface area contributed by atoms with E-state index in [1.165, 1.54) is 36.4 Å². The minimum absolute atomic E-state index is 0.144. The van der Waals surface area contributed by atoms with Gasteiger partial charge in [0.25, 0.3) is 0 Å². The fourth-order valence-corrected chi connectivity index (χ4v) is 2.82. The number of hydrazone groups is 1. The molecule has 0 saturated heterocycles. The molecule has 0 aliphatic rings. The lowest BCUT2D eigenvalue weighted by Crippen LogP contribution is -2.15. The monoisotopic (exact) mass is 467 g/mol. The zero-order valence-corrected chi connectivity index (χ0v) is 16.1. The van der Waals surface area contributed by atoms with Crippen LogP contribution in [0.15, 0.2) is 41.5 Å². The average molecular weight is 467 g/mol. The number of anilines is 1. The number of Topliss-reactive ketones (excluding diaryl/α,β-unsaturated/α-hetero) is 1. The number of benzene rings is 2. The fourth-order valence-electron chi connectivity index (χ4n) is 2.21. The highest BCUT2D eigenvalue weighted by Gasteiger charge is 2.16. The molecule has 0 heterocycles. The number of carbonyl (C=O) groups excluding carboxylic acids is 2. The standard InChI is InChI=1S/C19H10IN5O2/c1-11-6-12(3-5-16(11)19(20)27)18(26)17(10-23)25-24-15-4-2-13(8-21)14(7-15)9-22/h2-7,24H,1H3/b25-17-. The Bertz CT molecular complexity index is 1100. The van der Waals surface area contributed by atoms with Crippen molar-refractivity contribution in [3.8, 4) is 18.2 Å². The van der Waals surface area contributed by atoms with E-state index in [9.17, 15) is 14.9 Å². The molecule has 0 radical (unpaired) electrons. The zero-order chi connectivity index (χ0) is 20.0. The Morgan fingerprint density at radius 3 is 2.30 bits per heavy atom. The van der Waals surface area contributed by atoms with Crippen LogP contribution in [-0.4, -0.2) is 15.3 Å². The van der Waals surface area contributed by atoms with Crippen LogP contribution in [0.25, 0.3) is 0 Å². The predicted molar refractivity (Wildman–Crippen MR) is 106 cm³/mol. The number of halogens is 1. The van der Waals surface area contributed by atoms with Crippen LogP contribution in [0.5, 0.6) is 0 Å². The molecule has 2 aromatic rings. The number of carbonyl (C=O) groups is 2. The van der Waals surface area contributed by atoms with Gasteiger partial charge in [-0.25, -0.2) is 0 Å². The number of nitrogens with zero attached hydrogens (tertiary/aromatic N) is 4. The second-order valence-corrected chi connectivity index (χ2v) is 6.28. The highest BCUT2D eigenvalue weighted by Crippen LogP contribution is 2.17. The molecule has 0 saturated carbocycles. The van der Waals surface area contributed by atoms with Gasteiger partial charge in [0.2, 0.25) is 15.3 Å². The maximum atomic E-state index is 12.5. The first-order chi connectivity index (χ1) is 12.9. The Morgan fingerprint density at radius 1 is 1.04 bits per heavy atom. The average Bonchev–Trinajstić information content (AvgIpc) is 2.67. The van der Waals surface area contributed by atoms with Gasteiger partial charge in [0.15, 0.2) is 0 Å². The molecule has 130 valence electrons. The van der Waals surface area contributed by atoms with Gasteiger partial charge in [0, 0.05) is 33.7 Å². The van der Waals surface area contributed by atoms with Gasteiger partial charge in [-0.15, -0.1) is 0 Å². The van der Waals surface area contributed by atoms with E-state index in [2.05, 4.69) is 10.5 Å². The van der Waals surface area contributed by atoms with Crippen LogP contribution in [0.4, 0.5) is 5.69 Å². The molecule has 27 heavy (non-hydrogen) atoms. The van der Waals surface area contributed by atoms with Crippen LogP contribution in [-0.2, 0) is 0 Å². The van der Waals surface area contributed by atoms with Gasteiger partial charge in [0.1, 0.15) is 18.2 Å². The van der Waals surface area contributed by atoms with Crippen LogP contribution in [0.1, 0.15) is 37.4 Å². The first-order valence-electron chi connectivity index (χ1n) is 7.44. The third-order valence-corrected chi connectivity index (χ3v) is 4.16. The molecule has 0 aromatic heterocycles. The highest BCUT2D eigenvalue weighted by molar-refractivity contribution is 14.1. The van der Waals surface area contributed by atoms with Crippen molar-refractivity contribution < 1.29 is 9.59 Å². The maximum Gasteiger partial charge on any atom is 0.223 e. The van der Waals surface area contributed by atoms with Gasteiger partial charge in [-0.2, -0.15) is 20.9 Å². The third-order valence-electron chi connectivity index (χ3n) is 3.58. The number of hydrogen-bond acceptors (Lipinski definition) is 7. The van der Waals surface area contributed by atoms with E-state index >= 15 is 0 Å². The highest BCUT2D eigenvalue weighted by atomic mass is 127. The molecule has 8 heteroatoms. The largest absolute Gasteiger partial charge is 0.286 e. The SMILES string of the molecule is Cc1cc(C(=O)/C(C#N)=N\Nc2ccc(C#N)c(C#N)c2)ccc1C(=O)I. The Kier molecular flexibility index (Phi) is 6.37. The van der Waals surface area contributed by atoms with Crippen LogP contribution >= 0.6 is 22.6 Å². The van der Waals surface area contributed by atoms with E-state index in [0.717, 1.165) is 0 Å². The summed E-state index contributed by atoms with van der Waals surface area (Å²) < 4.78 is -0.144. The third kappa shape index (κ3) is 4.55. The lowest BCUT2D eigenvalue weighted by atomic mass is 10.0. The number of nitriles is 3. The first-order valence-corrected chi connectivity index (χ1v) is 8.52. The lowest BCUT2D eigenvalue weighted by molar-refractivity contribution is 0.106. The van der Waals surface area contributed by atoms with Crippen molar-refractivity contribution in [2.75, 3.05) is 5.43 Å². The van der Waals surface area contributed by atoms with Crippen molar-refractivity contribution in [3.63, 3.8) is 0 Å². The van der Waals surface area contributed by atoms with E-state index in [4.69, 9.17) is 10.5 Å². The molecule has 0 aliphatic carbocycles. The number of rotatable bonds is 5. The Labute approximate surface area is 168 Å². The van der Waals surface area contributed by atoms with E-state index in [0.29, 0.717) is 16.8 Å². The van der Waals surface area contributed by atoms with Crippen molar-refractivity contribution in [3.05, 3.63) is 64.2 Å². The Balaban J connectivity index is 2.29. The van der Waals surface area contributed by atoms with Gasteiger partial charge in [-0.05, 0) is 42.8 Å². The molecule has 2 aromatic carbocycles. The summed E-state index contributed by atoms with van der Waals surface area (Å²) in [6, 6.07) is 14.4. The Hall–Kier alpha value is -3.55. The normalized spacial score (nSPS) is 10.3. The van der Waals surface area contributed by atoms with E-state index < -0.39 is 5.78 Å². The van der Waals surface area contributed by atoms with Crippen molar-refractivity contribution in [2.45, 2.75) is 6.92 Å². The van der Waals surface area contributed by atoms with Crippen molar-refractivity contribution in [2.24, 2.45) is 5.10 Å². The van der Waals surface area contributed by atoms with Crippen molar-refractivity contribution in [1.82, 2.24) is 0 Å². The second-order valence-electron chi connectivity index (χ2n) is 5.30. The number of hydrogen-bond donors (Lipinski definition) is 1. The van der Waals surface area contributed by atoms with Gasteiger partial charge in [0.05, 0.1) is 16.8 Å². The lowest BCUT2D eigenvalue weighted by Gasteiger charge is -2.05. The van der Waals surface area contributed by atoms with E-state index in [1.54, 1.807) is 35.6 Å². The molecule has 0 amide bonds. The van der Waals surface area contributed by atoms with Crippen molar-refractivity contribution in [1.29, 1.82) is 15.8 Å². The molecule has 1 N–H and O–H groups in total. The van der Waals surface area contributed by atoms with Gasteiger partial charge < -0.3 is 0 Å². The van der Waals surface area contributed by atoms with Gasteiger partial charge in [-0.3, -0.25) is 15.0 Å². The molecule has 0 atom stereocenters. The quantitative estimate of drug-likeness (QED) is 0.236. The van der Waals surface area contributed by atoms with Crippen molar-refractivity contribution >= 4 is 43.6 Å². The topological polar surface area (TPSA) is 130 Å². The van der Waals surface area contributed by atoms with Crippen LogP contribution < -0.4 is 5.43 Å². The summed E-state index contributed by atoms with van der Waals surface area (Å²) in [5, 5.41) is 31.0. The molecule has 0 unspecified atom stereocenters. The van der Waals surface area contributed by atoms with Gasteiger partial charge >= 0.3 is 0 Å². The molecule has 2 rings (SSSR count). The van der Waals surface area contributed by atoms with Crippen LogP contribution in [0, 0.1) is 40.9 Å². The summed E-state index contributed by atoms with van der Waals surface area (Å²) in [5.74, 6) is -0.602. The van der Waals surface area contributed by atoms with E-state index in [-0.39, 0.29) is 26.2 Å². The Morgan fingerprint density at radius 2 is 1.74 bits per heavy atom. The summed E-state index contributed by atoms with van der Waals surface area (Å²) in [6.45, 7) is 1.70. The molecule has 7 nitrogen and oxygen atoms in total. The molecule has 0 spiro atoms. The fraction of sp³-hybridized carbons (Fsp3) is 0.0526. The summed E-state index contributed by atoms with van der Waals surface area (Å²) in [4.78, 5) is 23.9. The summed E-state index contributed by atoms with van der Waals surface area (Å²) >= 11 is 1.66. The molecular weight excluding hydrogens is 457 g/mol. The van der Waals surface area contributed by atoms with Crippen LogP contribution in [0.2, 0.25) is 0 Å². The summed E-state index contributed by atoms with van der Waals surface area (Å²) in [5.41, 5.74) is 4.22. The summed E-state index contributed by atoms with van der Waals surface area (Å²) in [6.07, 6.45) is 0. The van der Waals surface area contributed by atoms with Gasteiger partial charge in [-0.1, -0.05) is 6.07 Å². The molecule has 0 bridgehead atoms. The number of aryl methyl sites for hydroxylation is 1. The van der Waals surface area contributed by atoms with Crippen LogP contribution in [0.3, 0.4) is 0 Å². The molecular formula is C19H10IN5O2. The minimum atomic E-state index is -0.602. The second kappa shape index (κ2) is 8.70. The minimum Gasteiger partial charge on any atom is -0.286 e. The molecule has 0 aliphatic heterocycles. The number of nitrogens with one attached hydrogen (secondary N) is 1. The number of ketones is 1. The predicted octanol–water partition coefficient (Wildman–Crippen LogP) is 3.49. The first kappa shape index (κ1) is 19.8.